The van der Waals surface area contributed by atoms with Crippen molar-refractivity contribution in [3.8, 4) is 0 Å². The molecular formula is C16H15N3O4. The minimum atomic E-state index is -0.549. The average Bonchev–Trinajstić information content (AvgIpc) is 3.23. The van der Waals surface area contributed by atoms with Gasteiger partial charge in [-0.05, 0) is 24.3 Å². The molecule has 1 aliphatic rings. The molecule has 3 amide bonds. The van der Waals surface area contributed by atoms with Gasteiger partial charge in [0.05, 0.1) is 12.2 Å². The summed E-state index contributed by atoms with van der Waals surface area (Å²) in [5.41, 5.74) is 5.35. The van der Waals surface area contributed by atoms with Crippen LogP contribution in [0.1, 0.15) is 17.0 Å². The normalized spacial score (nSPS) is 17.1. The highest BCUT2D eigenvalue weighted by Gasteiger charge is 2.35. The van der Waals surface area contributed by atoms with E-state index in [9.17, 15) is 14.4 Å². The Bertz CT molecular complexity index is 712. The molecule has 7 heteroatoms. The first kappa shape index (κ1) is 14.8. The summed E-state index contributed by atoms with van der Waals surface area (Å²) in [5, 5.41) is 0. The molecule has 3 rings (SSSR count). The zero-order valence-corrected chi connectivity index (χ0v) is 12.2. The van der Waals surface area contributed by atoms with E-state index in [-0.39, 0.29) is 24.6 Å². The third kappa shape index (κ3) is 3.23. The fourth-order valence-corrected chi connectivity index (χ4v) is 2.43. The quantitative estimate of drug-likeness (QED) is 0.830. The van der Waals surface area contributed by atoms with Crippen LogP contribution in [0.3, 0.4) is 0 Å². The first-order valence-corrected chi connectivity index (χ1v) is 7.14. The van der Waals surface area contributed by atoms with Crippen LogP contribution in [0.5, 0.6) is 0 Å². The van der Waals surface area contributed by atoms with E-state index in [1.807, 2.05) is 30.3 Å². The molecule has 1 saturated heterocycles. The third-order valence-electron chi connectivity index (χ3n) is 3.61. The summed E-state index contributed by atoms with van der Waals surface area (Å²) >= 11 is 0. The molecule has 0 radical (unpaired) electrons. The van der Waals surface area contributed by atoms with Gasteiger partial charge in [-0.1, -0.05) is 18.2 Å². The topological polar surface area (TPSA) is 91.7 Å². The second-order valence-electron chi connectivity index (χ2n) is 5.16. The van der Waals surface area contributed by atoms with Gasteiger partial charge in [-0.3, -0.25) is 25.2 Å². The van der Waals surface area contributed by atoms with Gasteiger partial charge in [-0.15, -0.1) is 0 Å². The molecule has 1 aromatic heterocycles. The highest BCUT2D eigenvalue weighted by Crippen LogP contribution is 2.24. The Morgan fingerprint density at radius 3 is 2.57 bits per heavy atom. The van der Waals surface area contributed by atoms with Crippen LogP contribution < -0.4 is 15.8 Å². The van der Waals surface area contributed by atoms with Crippen molar-refractivity contribution in [2.45, 2.75) is 6.42 Å². The third-order valence-corrected chi connectivity index (χ3v) is 3.61. The Labute approximate surface area is 132 Å². The molecule has 2 heterocycles. The highest BCUT2D eigenvalue weighted by atomic mass is 16.3. The molecular weight excluding hydrogens is 298 g/mol. The molecule has 2 aromatic rings. The van der Waals surface area contributed by atoms with Crippen LogP contribution in [-0.2, 0) is 9.59 Å². The summed E-state index contributed by atoms with van der Waals surface area (Å²) in [7, 11) is 0. The number of nitrogens with one attached hydrogen (secondary N) is 2. The Kier molecular flexibility index (Phi) is 4.09. The van der Waals surface area contributed by atoms with Crippen molar-refractivity contribution in [1.29, 1.82) is 0 Å². The number of para-hydroxylation sites is 1. The number of hydrogen-bond donors (Lipinski definition) is 2. The predicted octanol–water partition coefficient (Wildman–Crippen LogP) is 1.09. The molecule has 1 aromatic carbocycles. The van der Waals surface area contributed by atoms with Gasteiger partial charge in [-0.25, -0.2) is 0 Å². The van der Waals surface area contributed by atoms with Gasteiger partial charge in [0.1, 0.15) is 0 Å². The van der Waals surface area contributed by atoms with E-state index in [1.165, 1.54) is 12.3 Å². The molecule has 0 saturated carbocycles. The van der Waals surface area contributed by atoms with Crippen molar-refractivity contribution in [2.24, 2.45) is 5.92 Å². The summed E-state index contributed by atoms with van der Waals surface area (Å²) in [6.07, 6.45) is 1.47. The number of carbonyl (C=O) groups excluding carboxylic acids is 3. The lowest BCUT2D eigenvalue weighted by molar-refractivity contribution is -0.126. The molecule has 1 fully saturated rings. The maximum atomic E-state index is 12.1. The Hall–Kier alpha value is -3.09. The summed E-state index contributed by atoms with van der Waals surface area (Å²) in [4.78, 5) is 37.4. The fraction of sp³-hybridized carbons (Fsp3) is 0.188. The molecule has 1 aliphatic heterocycles. The summed E-state index contributed by atoms with van der Waals surface area (Å²) in [6, 6.07) is 12.2. The minimum Gasteiger partial charge on any atom is -0.459 e. The van der Waals surface area contributed by atoms with Crippen LogP contribution in [0, 0.1) is 5.92 Å². The SMILES string of the molecule is O=C(NNC(=O)[C@H]1CC(=O)N(c2ccccc2)C1)c1ccco1. The molecule has 2 N–H and O–H groups in total. The summed E-state index contributed by atoms with van der Waals surface area (Å²) in [5.74, 6) is -1.49. The van der Waals surface area contributed by atoms with E-state index >= 15 is 0 Å². The van der Waals surface area contributed by atoms with Gasteiger partial charge in [0, 0.05) is 18.7 Å². The number of furan rings is 1. The van der Waals surface area contributed by atoms with E-state index in [0.29, 0.717) is 0 Å². The van der Waals surface area contributed by atoms with E-state index in [0.717, 1.165) is 5.69 Å². The minimum absolute atomic E-state index is 0.0960. The molecule has 0 spiro atoms. The maximum Gasteiger partial charge on any atom is 0.305 e. The van der Waals surface area contributed by atoms with E-state index in [4.69, 9.17) is 4.42 Å². The smallest absolute Gasteiger partial charge is 0.305 e. The lowest BCUT2D eigenvalue weighted by Crippen LogP contribution is -2.45. The average molecular weight is 313 g/mol. The molecule has 1 atom stereocenters. The lowest BCUT2D eigenvalue weighted by atomic mass is 10.1. The molecule has 0 bridgehead atoms. The van der Waals surface area contributed by atoms with Crippen molar-refractivity contribution in [2.75, 3.05) is 11.4 Å². The largest absolute Gasteiger partial charge is 0.459 e. The van der Waals surface area contributed by atoms with Gasteiger partial charge in [0.2, 0.25) is 11.8 Å². The van der Waals surface area contributed by atoms with Crippen molar-refractivity contribution in [1.82, 2.24) is 10.9 Å². The van der Waals surface area contributed by atoms with Crippen LogP contribution in [0.25, 0.3) is 0 Å². The lowest BCUT2D eigenvalue weighted by Gasteiger charge is -2.16. The number of benzene rings is 1. The summed E-state index contributed by atoms with van der Waals surface area (Å²) in [6.45, 7) is 0.283. The highest BCUT2D eigenvalue weighted by molar-refractivity contribution is 6.01. The standard InChI is InChI=1S/C16H15N3O4/c20-14-9-11(10-19(14)12-5-2-1-3-6-12)15(21)17-18-16(22)13-7-4-8-23-13/h1-8,11H,9-10H2,(H,17,21)(H,18,22)/t11-/m0/s1. The second-order valence-corrected chi connectivity index (χ2v) is 5.16. The van der Waals surface area contributed by atoms with Crippen LogP contribution in [0.15, 0.2) is 53.1 Å². The maximum absolute atomic E-state index is 12.1. The van der Waals surface area contributed by atoms with Gasteiger partial charge < -0.3 is 9.32 Å². The van der Waals surface area contributed by atoms with Gasteiger partial charge >= 0.3 is 5.91 Å². The number of hydrogen-bond acceptors (Lipinski definition) is 4. The van der Waals surface area contributed by atoms with Gasteiger partial charge in [-0.2, -0.15) is 0 Å². The number of rotatable bonds is 3. The molecule has 0 unspecified atom stereocenters. The van der Waals surface area contributed by atoms with Crippen LogP contribution >= 0.6 is 0 Å². The summed E-state index contributed by atoms with van der Waals surface area (Å²) < 4.78 is 4.92. The Morgan fingerprint density at radius 1 is 1.09 bits per heavy atom. The van der Waals surface area contributed by atoms with E-state index < -0.39 is 17.7 Å². The van der Waals surface area contributed by atoms with Crippen molar-refractivity contribution < 1.29 is 18.8 Å². The molecule has 23 heavy (non-hydrogen) atoms. The fourth-order valence-electron chi connectivity index (χ4n) is 2.43. The molecule has 118 valence electrons. The van der Waals surface area contributed by atoms with Crippen LogP contribution in [-0.4, -0.2) is 24.3 Å². The Balaban J connectivity index is 1.57. The van der Waals surface area contributed by atoms with Crippen molar-refractivity contribution >= 4 is 23.4 Å². The monoisotopic (exact) mass is 313 g/mol. The number of nitrogens with zero attached hydrogens (tertiary/aromatic N) is 1. The molecule has 0 aliphatic carbocycles. The zero-order chi connectivity index (χ0) is 16.2. The first-order valence-electron chi connectivity index (χ1n) is 7.14. The van der Waals surface area contributed by atoms with Crippen LogP contribution in [0.4, 0.5) is 5.69 Å². The van der Waals surface area contributed by atoms with Gasteiger partial charge in [0.15, 0.2) is 5.76 Å². The Morgan fingerprint density at radius 2 is 1.87 bits per heavy atom. The number of carbonyl (C=O) groups is 3. The first-order chi connectivity index (χ1) is 11.1. The van der Waals surface area contributed by atoms with Crippen molar-refractivity contribution in [3.05, 3.63) is 54.5 Å². The number of anilines is 1. The van der Waals surface area contributed by atoms with Gasteiger partial charge in [0.25, 0.3) is 0 Å². The van der Waals surface area contributed by atoms with E-state index in [1.54, 1.807) is 11.0 Å². The van der Waals surface area contributed by atoms with Crippen molar-refractivity contribution in [3.63, 3.8) is 0 Å². The second kappa shape index (κ2) is 6.35. The predicted molar refractivity (Wildman–Crippen MR) is 81.2 cm³/mol. The number of hydrazine groups is 1. The van der Waals surface area contributed by atoms with Crippen LogP contribution in [0.2, 0.25) is 0 Å². The van der Waals surface area contributed by atoms with E-state index in [2.05, 4.69) is 10.9 Å². The number of amides is 3. The zero-order valence-electron chi connectivity index (χ0n) is 12.2. The molecule has 7 nitrogen and oxygen atoms in total.